The Hall–Kier alpha value is -0.880. The fourth-order valence-corrected chi connectivity index (χ4v) is 1.79. The molecular formula is C10H12BrN3OS. The van der Waals surface area contributed by atoms with Crippen molar-refractivity contribution in [3.05, 3.63) is 28.5 Å². The maximum Gasteiger partial charge on any atom is 0.271 e. The van der Waals surface area contributed by atoms with Gasteiger partial charge in [-0.1, -0.05) is 17.8 Å². The van der Waals surface area contributed by atoms with E-state index in [0.29, 0.717) is 21.9 Å². The number of aryl methyl sites for hydroxylation is 1. The minimum atomic E-state index is -0.229. The van der Waals surface area contributed by atoms with Gasteiger partial charge in [0.05, 0.1) is 10.2 Å². The maximum absolute atomic E-state index is 11.8. The van der Waals surface area contributed by atoms with E-state index < -0.39 is 0 Å². The van der Waals surface area contributed by atoms with E-state index in [1.807, 2.05) is 13.2 Å². The van der Waals surface area contributed by atoms with Crippen LogP contribution in [0, 0.1) is 6.92 Å². The third-order valence-corrected chi connectivity index (χ3v) is 3.30. The number of nitrogens with zero attached hydrogens (tertiary/aromatic N) is 2. The highest BCUT2D eigenvalue weighted by Crippen LogP contribution is 2.21. The molecule has 0 spiro atoms. The Labute approximate surface area is 107 Å². The number of hydrogen-bond acceptors (Lipinski definition) is 4. The topological polar surface area (TPSA) is 54.9 Å². The number of carbonyl (C=O) groups excluding carboxylic acids is 1. The Bertz CT molecular complexity index is 423. The lowest BCUT2D eigenvalue weighted by molar-refractivity contribution is 0.0951. The number of nitrogens with one attached hydrogen (secondary N) is 1. The van der Waals surface area contributed by atoms with E-state index in [4.69, 9.17) is 0 Å². The molecule has 0 radical (unpaired) electrons. The van der Waals surface area contributed by atoms with Crippen LogP contribution in [0.4, 0.5) is 0 Å². The van der Waals surface area contributed by atoms with E-state index in [1.54, 1.807) is 6.08 Å². The van der Waals surface area contributed by atoms with Gasteiger partial charge in [-0.2, -0.15) is 0 Å². The summed E-state index contributed by atoms with van der Waals surface area (Å²) in [5.41, 5.74) is 1.11. The van der Waals surface area contributed by atoms with Crippen molar-refractivity contribution < 1.29 is 4.79 Å². The zero-order valence-electron chi connectivity index (χ0n) is 9.08. The lowest BCUT2D eigenvalue weighted by atomic mass is 10.3. The summed E-state index contributed by atoms with van der Waals surface area (Å²) in [7, 11) is 0. The second-order valence-corrected chi connectivity index (χ2v) is 4.52. The predicted octanol–water partition coefficient (Wildman–Crippen LogP) is 2.19. The molecule has 1 rings (SSSR count). The fourth-order valence-electron chi connectivity index (χ4n) is 1.02. The van der Waals surface area contributed by atoms with Gasteiger partial charge in [-0.15, -0.1) is 6.58 Å². The molecule has 1 N–H and O–H groups in total. The molecule has 16 heavy (non-hydrogen) atoms. The molecule has 0 saturated heterocycles. The third kappa shape index (κ3) is 3.05. The molecule has 86 valence electrons. The van der Waals surface area contributed by atoms with Crippen LogP contribution < -0.4 is 5.32 Å². The summed E-state index contributed by atoms with van der Waals surface area (Å²) in [6, 6.07) is 0. The van der Waals surface area contributed by atoms with Crippen molar-refractivity contribution >= 4 is 33.6 Å². The summed E-state index contributed by atoms with van der Waals surface area (Å²) in [5.74, 6) is -0.229. The third-order valence-electron chi connectivity index (χ3n) is 1.80. The number of halogens is 1. The number of thioether (sulfide) groups is 1. The molecule has 0 atom stereocenters. The van der Waals surface area contributed by atoms with Crippen molar-refractivity contribution in [2.45, 2.75) is 12.1 Å². The quantitative estimate of drug-likeness (QED) is 0.526. The fraction of sp³-hybridized carbons (Fsp3) is 0.300. The smallest absolute Gasteiger partial charge is 0.271 e. The molecule has 0 bridgehead atoms. The van der Waals surface area contributed by atoms with E-state index in [-0.39, 0.29) is 5.91 Å². The van der Waals surface area contributed by atoms with Gasteiger partial charge in [0.2, 0.25) is 0 Å². The standard InChI is InChI=1S/C10H12BrN3OS/c1-4-5-12-9(15)8-7(11)6(2)13-10(14-8)16-3/h4H,1,5H2,2-3H3,(H,12,15). The summed E-state index contributed by atoms with van der Waals surface area (Å²) in [4.78, 5) is 20.1. The first-order valence-corrected chi connectivity index (χ1v) is 6.59. The van der Waals surface area contributed by atoms with Crippen LogP contribution in [0.2, 0.25) is 0 Å². The van der Waals surface area contributed by atoms with Crippen LogP contribution in [-0.4, -0.2) is 28.7 Å². The minimum absolute atomic E-state index is 0.229. The lowest BCUT2D eigenvalue weighted by Gasteiger charge is -2.07. The zero-order valence-corrected chi connectivity index (χ0v) is 11.5. The second-order valence-electron chi connectivity index (χ2n) is 2.96. The van der Waals surface area contributed by atoms with E-state index in [2.05, 4.69) is 37.8 Å². The van der Waals surface area contributed by atoms with Crippen molar-refractivity contribution in [2.75, 3.05) is 12.8 Å². The highest BCUT2D eigenvalue weighted by Gasteiger charge is 2.15. The molecule has 0 aromatic carbocycles. The molecule has 0 fully saturated rings. The van der Waals surface area contributed by atoms with E-state index >= 15 is 0 Å². The lowest BCUT2D eigenvalue weighted by Crippen LogP contribution is -2.25. The van der Waals surface area contributed by atoms with Crippen LogP contribution in [0.25, 0.3) is 0 Å². The second kappa shape index (κ2) is 6.00. The molecule has 0 aliphatic heterocycles. The molecule has 1 heterocycles. The monoisotopic (exact) mass is 301 g/mol. The van der Waals surface area contributed by atoms with Crippen LogP contribution in [0.1, 0.15) is 16.2 Å². The van der Waals surface area contributed by atoms with Gasteiger partial charge >= 0.3 is 0 Å². The maximum atomic E-state index is 11.8. The van der Waals surface area contributed by atoms with Gasteiger partial charge in [-0.05, 0) is 29.1 Å². The van der Waals surface area contributed by atoms with Crippen molar-refractivity contribution in [1.82, 2.24) is 15.3 Å². The predicted molar refractivity (Wildman–Crippen MR) is 68.8 cm³/mol. The highest BCUT2D eigenvalue weighted by atomic mass is 79.9. The molecule has 6 heteroatoms. The number of amides is 1. The van der Waals surface area contributed by atoms with Gasteiger partial charge in [-0.25, -0.2) is 9.97 Å². The van der Waals surface area contributed by atoms with Gasteiger partial charge < -0.3 is 5.32 Å². The Kier molecular flexibility index (Phi) is 4.95. The van der Waals surface area contributed by atoms with Gasteiger partial charge in [0, 0.05) is 6.54 Å². The first-order chi connectivity index (χ1) is 7.60. The Morgan fingerprint density at radius 1 is 1.62 bits per heavy atom. The Morgan fingerprint density at radius 2 is 2.31 bits per heavy atom. The average molecular weight is 302 g/mol. The summed E-state index contributed by atoms with van der Waals surface area (Å²) in [6.45, 7) is 5.79. The van der Waals surface area contributed by atoms with Gasteiger partial charge in [0.15, 0.2) is 5.16 Å². The van der Waals surface area contributed by atoms with Crippen molar-refractivity contribution in [2.24, 2.45) is 0 Å². The van der Waals surface area contributed by atoms with Crippen LogP contribution in [0.5, 0.6) is 0 Å². The summed E-state index contributed by atoms with van der Waals surface area (Å²) in [6.07, 6.45) is 3.49. The van der Waals surface area contributed by atoms with E-state index in [9.17, 15) is 4.79 Å². The Morgan fingerprint density at radius 3 is 2.88 bits per heavy atom. The molecule has 1 aromatic heterocycles. The molecule has 0 aliphatic rings. The highest BCUT2D eigenvalue weighted by molar-refractivity contribution is 9.10. The average Bonchev–Trinajstić information content (AvgIpc) is 2.29. The first kappa shape index (κ1) is 13.2. The molecule has 1 aromatic rings. The van der Waals surface area contributed by atoms with Crippen LogP contribution >= 0.6 is 27.7 Å². The normalized spacial score (nSPS) is 9.94. The van der Waals surface area contributed by atoms with Crippen molar-refractivity contribution in [3.8, 4) is 0 Å². The molecule has 4 nitrogen and oxygen atoms in total. The van der Waals surface area contributed by atoms with Crippen LogP contribution in [0.15, 0.2) is 22.3 Å². The number of hydrogen-bond donors (Lipinski definition) is 1. The summed E-state index contributed by atoms with van der Waals surface area (Å²) < 4.78 is 0.631. The van der Waals surface area contributed by atoms with Gasteiger partial charge in [0.1, 0.15) is 5.69 Å². The molecule has 0 unspecified atom stereocenters. The van der Waals surface area contributed by atoms with E-state index in [0.717, 1.165) is 5.69 Å². The SMILES string of the molecule is C=CCNC(=O)c1nc(SC)nc(C)c1Br. The van der Waals surface area contributed by atoms with Gasteiger partial charge in [0.25, 0.3) is 5.91 Å². The molecule has 0 saturated carbocycles. The van der Waals surface area contributed by atoms with Crippen LogP contribution in [-0.2, 0) is 0 Å². The number of rotatable bonds is 4. The number of carbonyl (C=O) groups is 1. The molecule has 0 aliphatic carbocycles. The van der Waals surface area contributed by atoms with E-state index in [1.165, 1.54) is 11.8 Å². The number of aromatic nitrogens is 2. The van der Waals surface area contributed by atoms with Crippen molar-refractivity contribution in [1.29, 1.82) is 0 Å². The summed E-state index contributed by atoms with van der Waals surface area (Å²) in [5, 5.41) is 3.27. The van der Waals surface area contributed by atoms with Gasteiger partial charge in [-0.3, -0.25) is 4.79 Å². The van der Waals surface area contributed by atoms with Crippen molar-refractivity contribution in [3.63, 3.8) is 0 Å². The minimum Gasteiger partial charge on any atom is -0.347 e. The summed E-state index contributed by atoms with van der Waals surface area (Å²) >= 11 is 4.72. The molecular weight excluding hydrogens is 290 g/mol. The Balaban J connectivity index is 3.06. The zero-order chi connectivity index (χ0) is 12.1. The van der Waals surface area contributed by atoms with Crippen LogP contribution in [0.3, 0.4) is 0 Å². The first-order valence-electron chi connectivity index (χ1n) is 4.57. The molecule has 1 amide bonds. The largest absolute Gasteiger partial charge is 0.347 e.